The monoisotopic (exact) mass is 301 g/mol. The summed E-state index contributed by atoms with van der Waals surface area (Å²) in [7, 11) is 0. The maximum Gasteiger partial charge on any atom is 0.295 e. The first-order valence-electron chi connectivity index (χ1n) is 7.86. The zero-order valence-corrected chi connectivity index (χ0v) is 13.6. The van der Waals surface area contributed by atoms with Gasteiger partial charge in [0.05, 0.1) is 6.04 Å². The van der Waals surface area contributed by atoms with Crippen LogP contribution in [0, 0.1) is 18.8 Å². The number of benzene rings is 1. The van der Waals surface area contributed by atoms with Crippen molar-refractivity contribution in [2.75, 3.05) is 4.90 Å². The van der Waals surface area contributed by atoms with Crippen LogP contribution in [0.1, 0.15) is 39.2 Å². The Kier molecular flexibility index (Phi) is 4.79. The van der Waals surface area contributed by atoms with Gasteiger partial charge < -0.3 is 4.90 Å². The molecular weight excluding hydrogens is 278 g/mol. The first kappa shape index (κ1) is 16.4. The predicted molar refractivity (Wildman–Crippen MR) is 85.7 cm³/mol. The molecule has 1 amide bonds. The van der Waals surface area contributed by atoms with E-state index in [9.17, 15) is 14.4 Å². The third-order valence-electron chi connectivity index (χ3n) is 4.63. The topological polar surface area (TPSA) is 54.5 Å². The molecule has 2 rings (SSSR count). The van der Waals surface area contributed by atoms with Gasteiger partial charge in [-0.05, 0) is 31.9 Å². The third kappa shape index (κ3) is 2.70. The van der Waals surface area contributed by atoms with Gasteiger partial charge in [-0.1, -0.05) is 44.4 Å². The average Bonchev–Trinajstić information content (AvgIpc) is 2.74. The number of rotatable bonds is 5. The number of hydrogen-bond donors (Lipinski definition) is 0. The number of Topliss-reactive ketones (excluding diaryl/α,β-unsaturated/α-hetero) is 2. The highest BCUT2D eigenvalue weighted by Gasteiger charge is 2.52. The van der Waals surface area contributed by atoms with Crippen LogP contribution in [0.15, 0.2) is 24.3 Å². The van der Waals surface area contributed by atoms with Gasteiger partial charge in [0, 0.05) is 5.69 Å². The van der Waals surface area contributed by atoms with Gasteiger partial charge >= 0.3 is 0 Å². The molecule has 2 unspecified atom stereocenters. The van der Waals surface area contributed by atoms with Gasteiger partial charge in [0.2, 0.25) is 5.78 Å². The summed E-state index contributed by atoms with van der Waals surface area (Å²) in [6.07, 6.45) is 1.65. The molecule has 0 saturated carbocycles. The highest BCUT2D eigenvalue weighted by molar-refractivity contribution is 6.48. The molecule has 0 bridgehead atoms. The van der Waals surface area contributed by atoms with E-state index in [2.05, 4.69) is 0 Å². The third-order valence-corrected chi connectivity index (χ3v) is 4.63. The fraction of sp³-hybridized carbons (Fsp3) is 0.500. The molecule has 1 saturated heterocycles. The van der Waals surface area contributed by atoms with Crippen LogP contribution in [-0.2, 0) is 14.4 Å². The van der Waals surface area contributed by atoms with Gasteiger partial charge in [-0.3, -0.25) is 14.4 Å². The van der Waals surface area contributed by atoms with E-state index in [4.69, 9.17) is 0 Å². The van der Waals surface area contributed by atoms with Crippen molar-refractivity contribution in [3.8, 4) is 0 Å². The smallest absolute Gasteiger partial charge is 0.295 e. The Morgan fingerprint density at radius 3 is 2.14 bits per heavy atom. The Bertz CT molecular complexity index is 587. The molecule has 118 valence electrons. The molecule has 0 radical (unpaired) electrons. The van der Waals surface area contributed by atoms with Crippen LogP contribution in [-0.4, -0.2) is 23.5 Å². The molecule has 0 N–H and O–H groups in total. The van der Waals surface area contributed by atoms with Crippen LogP contribution < -0.4 is 4.90 Å². The highest BCUT2D eigenvalue weighted by Crippen LogP contribution is 2.36. The molecule has 1 heterocycles. The average molecular weight is 301 g/mol. The molecule has 1 fully saturated rings. The first-order valence-corrected chi connectivity index (χ1v) is 7.86. The lowest BCUT2D eigenvalue weighted by molar-refractivity contribution is -0.138. The van der Waals surface area contributed by atoms with Crippen LogP contribution in [0.3, 0.4) is 0 Å². The first-order chi connectivity index (χ1) is 10.4. The molecule has 0 aliphatic carbocycles. The zero-order chi connectivity index (χ0) is 16.4. The molecule has 1 aromatic carbocycles. The molecule has 1 aliphatic heterocycles. The summed E-state index contributed by atoms with van der Waals surface area (Å²) in [4.78, 5) is 38.3. The Morgan fingerprint density at radius 2 is 1.68 bits per heavy atom. The molecule has 1 aromatic rings. The fourth-order valence-electron chi connectivity index (χ4n) is 3.37. The molecule has 0 aromatic heterocycles. The van der Waals surface area contributed by atoms with E-state index < -0.39 is 17.6 Å². The Labute approximate surface area is 131 Å². The zero-order valence-electron chi connectivity index (χ0n) is 13.6. The summed E-state index contributed by atoms with van der Waals surface area (Å²) in [6.45, 7) is 7.44. The van der Waals surface area contributed by atoms with Gasteiger partial charge in [0.15, 0.2) is 0 Å². The van der Waals surface area contributed by atoms with Crippen molar-refractivity contribution in [2.45, 2.75) is 46.6 Å². The predicted octanol–water partition coefficient (Wildman–Crippen LogP) is 2.92. The highest BCUT2D eigenvalue weighted by atomic mass is 16.2. The molecular formula is C18H23NO3. The number of hydrogen-bond acceptors (Lipinski definition) is 3. The van der Waals surface area contributed by atoms with Crippen LogP contribution in [0.5, 0.6) is 0 Å². The van der Waals surface area contributed by atoms with Gasteiger partial charge in [-0.25, -0.2) is 0 Å². The molecule has 22 heavy (non-hydrogen) atoms. The van der Waals surface area contributed by atoms with E-state index >= 15 is 0 Å². The second kappa shape index (κ2) is 6.42. The van der Waals surface area contributed by atoms with Gasteiger partial charge in [0.25, 0.3) is 5.91 Å². The number of aryl methyl sites for hydroxylation is 1. The minimum absolute atomic E-state index is 0.130. The van der Waals surface area contributed by atoms with Gasteiger partial charge in [0.1, 0.15) is 11.7 Å². The van der Waals surface area contributed by atoms with Crippen LogP contribution in [0.2, 0.25) is 0 Å². The summed E-state index contributed by atoms with van der Waals surface area (Å²) in [6, 6.07) is 7.16. The second-order valence-electron chi connectivity index (χ2n) is 6.03. The lowest BCUT2D eigenvalue weighted by Crippen LogP contribution is -2.42. The number of carbonyl (C=O) groups excluding carboxylic acids is 3. The number of amides is 1. The maximum atomic E-state index is 12.5. The van der Waals surface area contributed by atoms with E-state index in [1.807, 2.05) is 45.0 Å². The van der Waals surface area contributed by atoms with Crippen molar-refractivity contribution in [2.24, 2.45) is 11.8 Å². The van der Waals surface area contributed by atoms with Crippen LogP contribution in [0.4, 0.5) is 5.69 Å². The Balaban J connectivity index is 2.52. The van der Waals surface area contributed by atoms with Crippen molar-refractivity contribution < 1.29 is 14.4 Å². The van der Waals surface area contributed by atoms with Crippen molar-refractivity contribution in [3.05, 3.63) is 29.8 Å². The molecule has 2 atom stereocenters. The summed E-state index contributed by atoms with van der Waals surface area (Å²) in [5.74, 6) is -2.04. The van der Waals surface area contributed by atoms with E-state index in [1.54, 1.807) is 4.90 Å². The largest absolute Gasteiger partial charge is 0.301 e. The SMILES string of the molecule is CCC(CC)C1C(C(C)=O)C(=O)C(=O)N1c1ccc(C)cc1. The van der Waals surface area contributed by atoms with E-state index in [0.717, 1.165) is 18.4 Å². The van der Waals surface area contributed by atoms with Crippen molar-refractivity contribution in [1.29, 1.82) is 0 Å². The summed E-state index contributed by atoms with van der Waals surface area (Å²) >= 11 is 0. The van der Waals surface area contributed by atoms with E-state index in [0.29, 0.717) is 5.69 Å². The number of ketones is 2. The lowest BCUT2D eigenvalue weighted by Gasteiger charge is -2.32. The maximum absolute atomic E-state index is 12.5. The lowest BCUT2D eigenvalue weighted by atomic mass is 9.83. The summed E-state index contributed by atoms with van der Waals surface area (Å²) in [5.41, 5.74) is 1.79. The Morgan fingerprint density at radius 1 is 1.14 bits per heavy atom. The molecule has 4 heteroatoms. The van der Waals surface area contributed by atoms with E-state index in [1.165, 1.54) is 6.92 Å². The quantitative estimate of drug-likeness (QED) is 0.620. The van der Waals surface area contributed by atoms with Crippen molar-refractivity contribution in [3.63, 3.8) is 0 Å². The minimum atomic E-state index is -0.835. The van der Waals surface area contributed by atoms with Gasteiger partial charge in [-0.2, -0.15) is 0 Å². The standard InChI is InChI=1S/C18H23NO3/c1-5-13(6-2)16-15(12(4)20)17(21)18(22)19(16)14-9-7-11(3)8-10-14/h7-10,13,15-16H,5-6H2,1-4H3. The van der Waals surface area contributed by atoms with Crippen molar-refractivity contribution in [1.82, 2.24) is 0 Å². The normalized spacial score (nSPS) is 21.8. The molecule has 4 nitrogen and oxygen atoms in total. The molecule has 1 aliphatic rings. The Hall–Kier alpha value is -1.97. The fourth-order valence-corrected chi connectivity index (χ4v) is 3.37. The summed E-state index contributed by atoms with van der Waals surface area (Å²) in [5, 5.41) is 0. The van der Waals surface area contributed by atoms with Crippen LogP contribution >= 0.6 is 0 Å². The minimum Gasteiger partial charge on any atom is -0.301 e. The number of nitrogens with zero attached hydrogens (tertiary/aromatic N) is 1. The number of anilines is 1. The van der Waals surface area contributed by atoms with E-state index in [-0.39, 0.29) is 17.7 Å². The van der Waals surface area contributed by atoms with Gasteiger partial charge in [-0.15, -0.1) is 0 Å². The summed E-state index contributed by atoms with van der Waals surface area (Å²) < 4.78 is 0. The number of carbonyl (C=O) groups is 3. The second-order valence-corrected chi connectivity index (χ2v) is 6.03. The molecule has 0 spiro atoms. The van der Waals surface area contributed by atoms with Crippen LogP contribution in [0.25, 0.3) is 0 Å². The van der Waals surface area contributed by atoms with Crippen molar-refractivity contribution >= 4 is 23.2 Å².